The summed E-state index contributed by atoms with van der Waals surface area (Å²) in [6.07, 6.45) is -2.33. The number of likely N-dealkylation sites (tertiary alicyclic amines) is 1. The number of carbonyl (C=O) groups is 3. The smallest absolute Gasteiger partial charge is 0.415 e. The van der Waals surface area contributed by atoms with Crippen molar-refractivity contribution in [1.29, 1.82) is 0 Å². The van der Waals surface area contributed by atoms with Crippen LogP contribution in [-0.2, 0) is 25.6 Å². The fraction of sp³-hybridized carbons (Fsp3) is 0.483. The van der Waals surface area contributed by atoms with Gasteiger partial charge in [-0.25, -0.2) is 14.0 Å². The van der Waals surface area contributed by atoms with E-state index in [1.807, 2.05) is 51.1 Å². The molecule has 0 spiro atoms. The summed E-state index contributed by atoms with van der Waals surface area (Å²) in [4.78, 5) is 39.7. The molecule has 3 amide bonds. The second-order valence-electron chi connectivity index (χ2n) is 11.6. The number of hydrogen-bond acceptors (Lipinski definition) is 6. The molecule has 9 nitrogen and oxygen atoms in total. The Balaban J connectivity index is 1.20. The molecule has 2 N–H and O–H groups in total. The molecule has 0 radical (unpaired) electrons. The van der Waals surface area contributed by atoms with Crippen molar-refractivity contribution in [2.75, 3.05) is 31.2 Å². The molecule has 2 saturated heterocycles. The number of carbonyl (C=O) groups excluding carboxylic acids is 3. The van der Waals surface area contributed by atoms with Crippen molar-refractivity contribution >= 4 is 23.8 Å². The van der Waals surface area contributed by atoms with Crippen LogP contribution >= 0.6 is 0 Å². The fourth-order valence-electron chi connectivity index (χ4n) is 6.08. The van der Waals surface area contributed by atoms with E-state index in [1.54, 1.807) is 17.0 Å². The van der Waals surface area contributed by atoms with Crippen LogP contribution in [0.25, 0.3) is 0 Å². The van der Waals surface area contributed by atoms with Crippen LogP contribution < -0.4 is 10.6 Å². The Bertz CT molecular complexity index is 1240. The van der Waals surface area contributed by atoms with Gasteiger partial charge in [0, 0.05) is 13.1 Å². The minimum atomic E-state index is -0.956. The molecule has 1 saturated carbocycles. The van der Waals surface area contributed by atoms with Crippen molar-refractivity contribution < 1.29 is 33.0 Å². The maximum atomic E-state index is 15.4. The average Bonchev–Trinajstić information content (AvgIpc) is 3.20. The van der Waals surface area contributed by atoms with Crippen LogP contribution in [0.3, 0.4) is 0 Å². The second-order valence-corrected chi connectivity index (χ2v) is 11.6. The summed E-state index contributed by atoms with van der Waals surface area (Å²) >= 11 is 0. The predicted octanol–water partition coefficient (Wildman–Crippen LogP) is 4.05. The van der Waals surface area contributed by atoms with E-state index < -0.39 is 35.6 Å². The minimum absolute atomic E-state index is 0.0222. The molecule has 5 rings (SSSR count). The third kappa shape index (κ3) is 5.56. The standard InChI is InChI=1S/C29H34FN3O6/c1-29(2,3)26-23(15-38-27(31)35)39-28(36)33(26)18-9-10-19(22(30)11-18)25-20-12-32(13-21(20)25)24(34)16-37-14-17-7-5-4-6-8-17/h4-11,20-21,23,25-26H,12-16H2,1-3H3,(H2,31,35)/t20-,21+,23-,25?,26?/m1/s1. The molecule has 0 aromatic heterocycles. The van der Waals surface area contributed by atoms with Gasteiger partial charge in [-0.05, 0) is 46.4 Å². The Morgan fingerprint density at radius 3 is 2.41 bits per heavy atom. The summed E-state index contributed by atoms with van der Waals surface area (Å²) in [5, 5.41) is 0. The van der Waals surface area contributed by atoms with Gasteiger partial charge >= 0.3 is 12.2 Å². The second kappa shape index (κ2) is 10.5. The molecular weight excluding hydrogens is 505 g/mol. The molecule has 2 heterocycles. The van der Waals surface area contributed by atoms with Crippen molar-refractivity contribution in [1.82, 2.24) is 4.90 Å². The fourth-order valence-corrected chi connectivity index (χ4v) is 6.08. The zero-order chi connectivity index (χ0) is 27.9. The Kier molecular flexibility index (Phi) is 7.24. The number of anilines is 1. The topological polar surface area (TPSA) is 111 Å². The SMILES string of the molecule is CC(C)(C)C1[C@@H](COC(N)=O)OC(=O)N1c1ccc(C2[C@H]3CN(C(=O)COCc4ccccc4)C[C@@H]23)c(F)c1. The summed E-state index contributed by atoms with van der Waals surface area (Å²) in [6.45, 7) is 7.17. The first kappa shape index (κ1) is 26.9. The highest BCUT2D eigenvalue weighted by Gasteiger charge is 2.58. The zero-order valence-corrected chi connectivity index (χ0v) is 22.3. The lowest BCUT2D eigenvalue weighted by molar-refractivity contribution is -0.136. The molecule has 3 fully saturated rings. The molecule has 2 unspecified atom stereocenters. The lowest BCUT2D eigenvalue weighted by Gasteiger charge is -2.35. The number of hydrogen-bond donors (Lipinski definition) is 1. The first-order valence-electron chi connectivity index (χ1n) is 13.2. The number of nitrogens with two attached hydrogens (primary N) is 1. The van der Waals surface area contributed by atoms with Crippen LogP contribution in [-0.4, -0.2) is 61.4 Å². The van der Waals surface area contributed by atoms with Gasteiger partial charge < -0.3 is 24.8 Å². The molecular formula is C29H34FN3O6. The zero-order valence-electron chi connectivity index (χ0n) is 22.3. The Hall–Kier alpha value is -3.66. The van der Waals surface area contributed by atoms with Crippen LogP contribution in [0.2, 0.25) is 0 Å². The van der Waals surface area contributed by atoms with E-state index in [-0.39, 0.29) is 36.9 Å². The summed E-state index contributed by atoms with van der Waals surface area (Å²) in [6, 6.07) is 14.0. The predicted molar refractivity (Wildman–Crippen MR) is 140 cm³/mol. The molecule has 0 bridgehead atoms. The van der Waals surface area contributed by atoms with Gasteiger partial charge in [0.2, 0.25) is 5.91 Å². The van der Waals surface area contributed by atoms with E-state index in [0.717, 1.165) is 5.56 Å². The molecule has 2 aromatic carbocycles. The molecule has 10 heteroatoms. The number of piperidine rings is 1. The maximum Gasteiger partial charge on any atom is 0.415 e. The van der Waals surface area contributed by atoms with Gasteiger partial charge in [0.1, 0.15) is 19.0 Å². The lowest BCUT2D eigenvalue weighted by Crippen LogP contribution is -2.47. The third-order valence-electron chi connectivity index (χ3n) is 7.86. The summed E-state index contributed by atoms with van der Waals surface area (Å²) in [5.74, 6) is 0.00116. The van der Waals surface area contributed by atoms with Crippen LogP contribution in [0, 0.1) is 23.1 Å². The molecule has 2 aliphatic heterocycles. The highest BCUT2D eigenvalue weighted by Crippen LogP contribution is 2.59. The largest absolute Gasteiger partial charge is 0.446 e. The molecule has 1 aliphatic carbocycles. The first-order valence-corrected chi connectivity index (χ1v) is 13.2. The van der Waals surface area contributed by atoms with Crippen molar-refractivity contribution in [3.8, 4) is 0 Å². The van der Waals surface area contributed by atoms with E-state index in [0.29, 0.717) is 30.9 Å². The molecule has 208 valence electrons. The van der Waals surface area contributed by atoms with Crippen molar-refractivity contribution in [3.63, 3.8) is 0 Å². The van der Waals surface area contributed by atoms with E-state index in [4.69, 9.17) is 19.9 Å². The number of amides is 3. The van der Waals surface area contributed by atoms with Crippen LogP contribution in [0.5, 0.6) is 0 Å². The molecule has 39 heavy (non-hydrogen) atoms. The summed E-state index contributed by atoms with van der Waals surface area (Å²) in [5.41, 5.74) is 6.61. The van der Waals surface area contributed by atoms with Gasteiger partial charge in [0.25, 0.3) is 0 Å². The first-order chi connectivity index (χ1) is 18.5. The van der Waals surface area contributed by atoms with Crippen LogP contribution in [0.1, 0.15) is 37.8 Å². The lowest BCUT2D eigenvalue weighted by atomic mass is 9.82. The monoisotopic (exact) mass is 539 g/mol. The number of rotatable bonds is 8. The third-order valence-corrected chi connectivity index (χ3v) is 7.86. The highest BCUT2D eigenvalue weighted by atomic mass is 19.1. The van der Waals surface area contributed by atoms with Gasteiger partial charge in [0.15, 0.2) is 6.10 Å². The number of nitrogens with zero attached hydrogens (tertiary/aromatic N) is 2. The van der Waals surface area contributed by atoms with Gasteiger partial charge in [0.05, 0.1) is 18.3 Å². The van der Waals surface area contributed by atoms with Gasteiger partial charge in [-0.1, -0.05) is 57.2 Å². The Morgan fingerprint density at radius 2 is 1.79 bits per heavy atom. The number of cyclic esters (lactones) is 1. The van der Waals surface area contributed by atoms with Crippen molar-refractivity contribution in [2.45, 2.75) is 45.4 Å². The van der Waals surface area contributed by atoms with E-state index >= 15 is 4.39 Å². The molecule has 5 atom stereocenters. The number of benzene rings is 2. The normalized spacial score (nSPS) is 25.8. The van der Waals surface area contributed by atoms with Gasteiger partial charge in [-0.15, -0.1) is 0 Å². The number of primary amides is 1. The molecule has 3 aliphatic rings. The number of ether oxygens (including phenoxy) is 3. The van der Waals surface area contributed by atoms with Crippen molar-refractivity contribution in [2.24, 2.45) is 23.0 Å². The van der Waals surface area contributed by atoms with E-state index in [9.17, 15) is 14.4 Å². The number of fused-ring (bicyclic) bond motifs is 1. The Labute approximate surface area is 227 Å². The molecule has 2 aromatic rings. The Morgan fingerprint density at radius 1 is 1.10 bits per heavy atom. The van der Waals surface area contributed by atoms with Crippen LogP contribution in [0.15, 0.2) is 48.5 Å². The van der Waals surface area contributed by atoms with E-state index in [1.165, 1.54) is 11.0 Å². The number of halogens is 1. The van der Waals surface area contributed by atoms with Crippen molar-refractivity contribution in [3.05, 3.63) is 65.5 Å². The quantitative estimate of drug-likeness (QED) is 0.542. The van der Waals surface area contributed by atoms with Gasteiger partial charge in [-0.2, -0.15) is 0 Å². The van der Waals surface area contributed by atoms with Gasteiger partial charge in [-0.3, -0.25) is 9.69 Å². The van der Waals surface area contributed by atoms with E-state index in [2.05, 4.69) is 0 Å². The maximum absolute atomic E-state index is 15.4. The minimum Gasteiger partial charge on any atom is -0.446 e. The summed E-state index contributed by atoms with van der Waals surface area (Å²) < 4.78 is 31.4. The summed E-state index contributed by atoms with van der Waals surface area (Å²) in [7, 11) is 0. The highest BCUT2D eigenvalue weighted by molar-refractivity contribution is 5.91. The average molecular weight is 540 g/mol. The van der Waals surface area contributed by atoms with Crippen LogP contribution in [0.4, 0.5) is 19.7 Å².